The molecule has 0 aromatic rings. The molecular formula is C14H20O3. The van der Waals surface area contributed by atoms with Gasteiger partial charge in [-0.05, 0) is 38.0 Å². The number of carbonyl (C=O) groups excluding carboxylic acids is 1. The SMILES string of the molecule is O=C1CCC[C@H]2C[C@@H]3C[C@]12CCC31OCCO1. The number of hydrogen-bond acceptors (Lipinski definition) is 3. The van der Waals surface area contributed by atoms with Crippen molar-refractivity contribution in [2.75, 3.05) is 13.2 Å². The summed E-state index contributed by atoms with van der Waals surface area (Å²) < 4.78 is 11.8. The molecule has 0 unspecified atom stereocenters. The highest BCUT2D eigenvalue weighted by Crippen LogP contribution is 2.63. The summed E-state index contributed by atoms with van der Waals surface area (Å²) in [6, 6.07) is 0. The molecule has 0 amide bonds. The maximum absolute atomic E-state index is 12.3. The van der Waals surface area contributed by atoms with E-state index in [-0.39, 0.29) is 11.2 Å². The molecule has 4 aliphatic rings. The number of fused-ring (bicyclic) bond motifs is 2. The van der Waals surface area contributed by atoms with E-state index in [2.05, 4.69) is 0 Å². The molecule has 0 radical (unpaired) electrons. The first kappa shape index (κ1) is 10.5. The Kier molecular flexibility index (Phi) is 2.06. The van der Waals surface area contributed by atoms with Crippen LogP contribution in [0.25, 0.3) is 0 Å². The van der Waals surface area contributed by atoms with E-state index in [4.69, 9.17) is 9.47 Å². The molecule has 0 aromatic carbocycles. The number of Topliss-reactive ketones (excluding diaryl/α,β-unsaturated/α-hetero) is 1. The molecule has 17 heavy (non-hydrogen) atoms. The van der Waals surface area contributed by atoms with Crippen LogP contribution in [-0.4, -0.2) is 24.8 Å². The van der Waals surface area contributed by atoms with Crippen LogP contribution in [0.15, 0.2) is 0 Å². The first-order chi connectivity index (χ1) is 8.25. The minimum Gasteiger partial charge on any atom is -0.347 e. The topological polar surface area (TPSA) is 35.5 Å². The van der Waals surface area contributed by atoms with Gasteiger partial charge in [0.1, 0.15) is 5.78 Å². The summed E-state index contributed by atoms with van der Waals surface area (Å²) in [5.74, 6) is 1.35. The monoisotopic (exact) mass is 236 g/mol. The normalized spacial score (nSPS) is 47.4. The van der Waals surface area contributed by atoms with Gasteiger partial charge in [0.25, 0.3) is 0 Å². The standard InChI is InChI=1S/C14H20O3/c15-12-3-1-2-10-8-11-9-13(10,12)4-5-14(11)16-6-7-17-14/h10-11H,1-9H2/t10-,11+,13-/m0/s1. The number of ether oxygens (including phenoxy) is 2. The highest BCUT2D eigenvalue weighted by molar-refractivity contribution is 5.86. The summed E-state index contributed by atoms with van der Waals surface area (Å²) in [6.45, 7) is 1.48. The van der Waals surface area contributed by atoms with Crippen LogP contribution >= 0.6 is 0 Å². The molecule has 94 valence electrons. The van der Waals surface area contributed by atoms with Crippen LogP contribution in [0.2, 0.25) is 0 Å². The fourth-order valence-corrected chi connectivity index (χ4v) is 4.98. The summed E-state index contributed by atoms with van der Waals surface area (Å²) in [7, 11) is 0. The molecular weight excluding hydrogens is 216 g/mol. The van der Waals surface area contributed by atoms with Gasteiger partial charge in [0.2, 0.25) is 0 Å². The van der Waals surface area contributed by atoms with Crippen molar-refractivity contribution in [3.05, 3.63) is 0 Å². The van der Waals surface area contributed by atoms with E-state index in [0.717, 1.165) is 51.7 Å². The van der Waals surface area contributed by atoms with Crippen molar-refractivity contribution >= 4 is 5.78 Å². The first-order valence-electron chi connectivity index (χ1n) is 7.06. The number of carbonyl (C=O) groups is 1. The average molecular weight is 236 g/mol. The first-order valence-corrected chi connectivity index (χ1v) is 7.06. The minimum absolute atomic E-state index is 0.0312. The van der Waals surface area contributed by atoms with Gasteiger partial charge >= 0.3 is 0 Å². The van der Waals surface area contributed by atoms with Crippen LogP contribution in [0, 0.1) is 17.3 Å². The molecule has 3 aliphatic carbocycles. The quantitative estimate of drug-likeness (QED) is 0.647. The van der Waals surface area contributed by atoms with Gasteiger partial charge in [-0.3, -0.25) is 4.79 Å². The lowest BCUT2D eigenvalue weighted by Crippen LogP contribution is -2.47. The Bertz CT molecular complexity index is 358. The van der Waals surface area contributed by atoms with Crippen molar-refractivity contribution in [1.29, 1.82) is 0 Å². The van der Waals surface area contributed by atoms with Crippen molar-refractivity contribution in [3.8, 4) is 0 Å². The van der Waals surface area contributed by atoms with Crippen molar-refractivity contribution in [2.24, 2.45) is 17.3 Å². The third-order valence-corrected chi connectivity index (χ3v) is 5.79. The largest absolute Gasteiger partial charge is 0.347 e. The zero-order valence-electron chi connectivity index (χ0n) is 10.2. The summed E-state index contributed by atoms with van der Waals surface area (Å²) in [5, 5.41) is 0. The van der Waals surface area contributed by atoms with Crippen LogP contribution in [0.1, 0.15) is 44.9 Å². The van der Waals surface area contributed by atoms with Gasteiger partial charge in [-0.2, -0.15) is 0 Å². The molecule has 3 nitrogen and oxygen atoms in total. The zero-order chi connectivity index (χ0) is 11.5. The molecule has 3 heteroatoms. The van der Waals surface area contributed by atoms with E-state index in [1.807, 2.05) is 0 Å². The van der Waals surface area contributed by atoms with E-state index >= 15 is 0 Å². The second-order valence-corrected chi connectivity index (χ2v) is 6.31. The lowest BCUT2D eigenvalue weighted by atomic mass is 9.63. The molecule has 4 rings (SSSR count). The summed E-state index contributed by atoms with van der Waals surface area (Å²) in [5.41, 5.74) is 0.0312. The predicted octanol–water partition coefficient (Wildman–Crippen LogP) is 2.29. The van der Waals surface area contributed by atoms with Gasteiger partial charge in [0, 0.05) is 24.2 Å². The molecule has 0 aromatic heterocycles. The summed E-state index contributed by atoms with van der Waals surface area (Å²) in [4.78, 5) is 12.3. The fourth-order valence-electron chi connectivity index (χ4n) is 4.98. The van der Waals surface area contributed by atoms with Crippen LogP contribution in [-0.2, 0) is 14.3 Å². The Morgan fingerprint density at radius 1 is 1.12 bits per heavy atom. The minimum atomic E-state index is -0.303. The van der Waals surface area contributed by atoms with Gasteiger partial charge in [-0.15, -0.1) is 0 Å². The van der Waals surface area contributed by atoms with E-state index in [1.165, 1.54) is 6.42 Å². The van der Waals surface area contributed by atoms with Gasteiger partial charge in [-0.1, -0.05) is 0 Å². The highest BCUT2D eigenvalue weighted by Gasteiger charge is 2.63. The van der Waals surface area contributed by atoms with Gasteiger partial charge < -0.3 is 9.47 Å². The third-order valence-electron chi connectivity index (χ3n) is 5.79. The van der Waals surface area contributed by atoms with Crippen LogP contribution in [0.4, 0.5) is 0 Å². The number of rotatable bonds is 0. The molecule has 3 saturated carbocycles. The second-order valence-electron chi connectivity index (χ2n) is 6.31. The Morgan fingerprint density at radius 2 is 1.94 bits per heavy atom. The smallest absolute Gasteiger partial charge is 0.171 e. The van der Waals surface area contributed by atoms with Crippen molar-refractivity contribution < 1.29 is 14.3 Å². The second kappa shape index (κ2) is 3.33. The van der Waals surface area contributed by atoms with Crippen molar-refractivity contribution in [1.82, 2.24) is 0 Å². The van der Waals surface area contributed by atoms with Crippen LogP contribution in [0.3, 0.4) is 0 Å². The molecule has 1 saturated heterocycles. The van der Waals surface area contributed by atoms with E-state index < -0.39 is 0 Å². The van der Waals surface area contributed by atoms with Gasteiger partial charge in [-0.25, -0.2) is 0 Å². The molecule has 0 N–H and O–H groups in total. The van der Waals surface area contributed by atoms with Gasteiger partial charge in [0.15, 0.2) is 5.79 Å². The third kappa shape index (κ3) is 1.22. The molecule has 2 bridgehead atoms. The Morgan fingerprint density at radius 3 is 2.76 bits per heavy atom. The summed E-state index contributed by atoms with van der Waals surface area (Å²) in [6.07, 6.45) is 7.32. The molecule has 1 heterocycles. The number of ketones is 1. The van der Waals surface area contributed by atoms with Crippen molar-refractivity contribution in [3.63, 3.8) is 0 Å². The van der Waals surface area contributed by atoms with E-state index in [0.29, 0.717) is 17.6 Å². The maximum Gasteiger partial charge on any atom is 0.171 e. The van der Waals surface area contributed by atoms with Crippen LogP contribution in [0.5, 0.6) is 0 Å². The predicted molar refractivity (Wildman–Crippen MR) is 61.4 cm³/mol. The Hall–Kier alpha value is -0.410. The Balaban J connectivity index is 1.68. The lowest BCUT2D eigenvalue weighted by Gasteiger charge is -2.44. The van der Waals surface area contributed by atoms with Crippen LogP contribution < -0.4 is 0 Å². The highest BCUT2D eigenvalue weighted by atomic mass is 16.7. The number of hydrogen-bond donors (Lipinski definition) is 0. The molecule has 3 atom stereocenters. The summed E-state index contributed by atoms with van der Waals surface area (Å²) >= 11 is 0. The van der Waals surface area contributed by atoms with E-state index in [9.17, 15) is 4.79 Å². The molecule has 4 fully saturated rings. The fraction of sp³-hybridized carbons (Fsp3) is 0.929. The zero-order valence-corrected chi connectivity index (χ0v) is 10.2. The van der Waals surface area contributed by atoms with Crippen molar-refractivity contribution in [2.45, 2.75) is 50.7 Å². The average Bonchev–Trinajstić information content (AvgIpc) is 2.89. The molecule has 2 spiro atoms. The van der Waals surface area contributed by atoms with E-state index in [1.54, 1.807) is 0 Å². The Labute approximate surface area is 102 Å². The molecule has 1 aliphatic heterocycles. The lowest BCUT2D eigenvalue weighted by molar-refractivity contribution is -0.214. The maximum atomic E-state index is 12.3. The van der Waals surface area contributed by atoms with Gasteiger partial charge in [0.05, 0.1) is 13.2 Å².